The summed E-state index contributed by atoms with van der Waals surface area (Å²) in [4.78, 5) is 16.4. The second-order valence-corrected chi connectivity index (χ2v) is 5.50. The number of pyridine rings is 1. The normalized spacial score (nSPS) is 15.0. The minimum atomic E-state index is -4.67. The first-order valence-corrected chi connectivity index (χ1v) is 7.22. The molecule has 3 rings (SSSR count). The Morgan fingerprint density at radius 2 is 2.00 bits per heavy atom. The Labute approximate surface area is 139 Å². The molecule has 1 aromatic carbocycles. The SMILES string of the molecule is O=C(O)c1cc(C(F)(F)F)cnc1N1CC(Oc2cccc(F)c2)C1. The molecule has 0 bridgehead atoms. The van der Waals surface area contributed by atoms with Crippen LogP contribution in [0.1, 0.15) is 15.9 Å². The summed E-state index contributed by atoms with van der Waals surface area (Å²) in [5.74, 6) is -1.68. The highest BCUT2D eigenvalue weighted by atomic mass is 19.4. The molecular formula is C16H12F4N2O3. The van der Waals surface area contributed by atoms with Crippen LogP contribution >= 0.6 is 0 Å². The third-order valence-electron chi connectivity index (χ3n) is 3.67. The number of anilines is 1. The van der Waals surface area contributed by atoms with Crippen LogP contribution in [-0.2, 0) is 6.18 Å². The largest absolute Gasteiger partial charge is 0.487 e. The van der Waals surface area contributed by atoms with Gasteiger partial charge in [-0.1, -0.05) is 6.07 Å². The van der Waals surface area contributed by atoms with Gasteiger partial charge in [-0.25, -0.2) is 14.2 Å². The van der Waals surface area contributed by atoms with Gasteiger partial charge in [-0.3, -0.25) is 0 Å². The van der Waals surface area contributed by atoms with Gasteiger partial charge in [-0.2, -0.15) is 13.2 Å². The Kier molecular flexibility index (Phi) is 4.23. The van der Waals surface area contributed by atoms with Crippen molar-refractivity contribution in [2.24, 2.45) is 0 Å². The number of nitrogens with zero attached hydrogens (tertiary/aromatic N) is 2. The first-order valence-electron chi connectivity index (χ1n) is 7.22. The van der Waals surface area contributed by atoms with Gasteiger partial charge in [0, 0.05) is 12.3 Å². The second kappa shape index (κ2) is 6.23. The molecule has 0 amide bonds. The molecule has 0 unspecified atom stereocenters. The van der Waals surface area contributed by atoms with Gasteiger partial charge in [0.2, 0.25) is 0 Å². The van der Waals surface area contributed by atoms with Crippen LogP contribution in [0.3, 0.4) is 0 Å². The summed E-state index contributed by atoms with van der Waals surface area (Å²) in [5.41, 5.74) is -1.65. The van der Waals surface area contributed by atoms with E-state index in [1.165, 1.54) is 23.1 Å². The maximum atomic E-state index is 13.1. The van der Waals surface area contributed by atoms with Crippen molar-refractivity contribution in [2.45, 2.75) is 12.3 Å². The molecule has 1 N–H and O–H groups in total. The Morgan fingerprint density at radius 3 is 2.60 bits per heavy atom. The van der Waals surface area contributed by atoms with Crippen LogP contribution in [0.15, 0.2) is 36.5 Å². The molecule has 1 saturated heterocycles. The lowest BCUT2D eigenvalue weighted by atomic mass is 10.1. The molecule has 1 aliphatic rings. The highest BCUT2D eigenvalue weighted by Gasteiger charge is 2.36. The van der Waals surface area contributed by atoms with Gasteiger partial charge >= 0.3 is 12.1 Å². The van der Waals surface area contributed by atoms with E-state index in [-0.39, 0.29) is 25.0 Å². The first kappa shape index (κ1) is 17.0. The molecule has 2 aromatic rings. The maximum absolute atomic E-state index is 13.1. The molecule has 25 heavy (non-hydrogen) atoms. The zero-order chi connectivity index (χ0) is 18.2. The molecule has 0 aliphatic carbocycles. The summed E-state index contributed by atoms with van der Waals surface area (Å²) < 4.78 is 56.7. The third kappa shape index (κ3) is 3.65. The van der Waals surface area contributed by atoms with E-state index in [9.17, 15) is 22.4 Å². The molecule has 0 atom stereocenters. The zero-order valence-electron chi connectivity index (χ0n) is 12.6. The van der Waals surface area contributed by atoms with Gasteiger partial charge in [0.1, 0.15) is 29.1 Å². The summed E-state index contributed by atoms with van der Waals surface area (Å²) in [7, 11) is 0. The lowest BCUT2D eigenvalue weighted by molar-refractivity contribution is -0.137. The Hall–Kier alpha value is -2.84. The van der Waals surface area contributed by atoms with Crippen molar-refractivity contribution in [3.8, 4) is 5.75 Å². The number of aromatic carboxylic acids is 1. The quantitative estimate of drug-likeness (QED) is 0.853. The second-order valence-electron chi connectivity index (χ2n) is 5.50. The van der Waals surface area contributed by atoms with Gasteiger partial charge < -0.3 is 14.7 Å². The van der Waals surface area contributed by atoms with Crippen LogP contribution in [0, 0.1) is 5.82 Å². The van der Waals surface area contributed by atoms with Gasteiger partial charge in [0.25, 0.3) is 0 Å². The molecule has 1 fully saturated rings. The predicted octanol–water partition coefficient (Wildman–Crippen LogP) is 3.21. The highest BCUT2D eigenvalue weighted by Crippen LogP contribution is 2.33. The smallest absolute Gasteiger partial charge is 0.417 e. The molecular weight excluding hydrogens is 344 g/mol. The van der Waals surface area contributed by atoms with E-state index in [2.05, 4.69) is 4.98 Å². The van der Waals surface area contributed by atoms with Crippen molar-refractivity contribution in [1.29, 1.82) is 0 Å². The standard InChI is InChI=1S/C16H12F4N2O3/c17-10-2-1-3-11(5-10)25-12-7-22(8-12)14-13(15(23)24)4-9(6-21-14)16(18,19)20/h1-6,12H,7-8H2,(H,23,24). The Bertz CT molecular complexity index is 804. The number of aromatic nitrogens is 1. The number of carboxylic acid groups (broad SMARTS) is 1. The van der Waals surface area contributed by atoms with E-state index in [4.69, 9.17) is 9.84 Å². The number of benzene rings is 1. The molecule has 2 heterocycles. The fourth-order valence-electron chi connectivity index (χ4n) is 2.44. The topological polar surface area (TPSA) is 62.7 Å². The zero-order valence-corrected chi connectivity index (χ0v) is 12.6. The van der Waals surface area contributed by atoms with E-state index < -0.39 is 29.1 Å². The Morgan fingerprint density at radius 1 is 1.28 bits per heavy atom. The minimum Gasteiger partial charge on any atom is -0.487 e. The molecule has 9 heteroatoms. The van der Waals surface area contributed by atoms with Gasteiger partial charge in [0.15, 0.2) is 0 Å². The fourth-order valence-corrected chi connectivity index (χ4v) is 2.44. The molecule has 132 valence electrons. The molecule has 0 spiro atoms. The number of alkyl halides is 3. The lowest BCUT2D eigenvalue weighted by Gasteiger charge is -2.40. The van der Waals surface area contributed by atoms with E-state index in [1.807, 2.05) is 0 Å². The van der Waals surface area contributed by atoms with Crippen molar-refractivity contribution in [1.82, 2.24) is 4.98 Å². The first-order chi connectivity index (χ1) is 11.7. The van der Waals surface area contributed by atoms with Crippen LogP contribution in [0.5, 0.6) is 5.75 Å². The lowest BCUT2D eigenvalue weighted by Crippen LogP contribution is -2.54. The van der Waals surface area contributed by atoms with E-state index in [1.54, 1.807) is 6.07 Å². The van der Waals surface area contributed by atoms with Crippen molar-refractivity contribution >= 4 is 11.8 Å². The van der Waals surface area contributed by atoms with Gasteiger partial charge in [-0.15, -0.1) is 0 Å². The summed E-state index contributed by atoms with van der Waals surface area (Å²) >= 11 is 0. The number of carboxylic acids is 1. The number of halogens is 4. The monoisotopic (exact) mass is 356 g/mol. The molecule has 0 saturated carbocycles. The fraction of sp³-hybridized carbons (Fsp3) is 0.250. The minimum absolute atomic E-state index is 0.0559. The molecule has 5 nitrogen and oxygen atoms in total. The number of carbonyl (C=O) groups is 1. The summed E-state index contributed by atoms with van der Waals surface area (Å²) in [6, 6.07) is 6.10. The van der Waals surface area contributed by atoms with Crippen molar-refractivity contribution < 1.29 is 32.2 Å². The van der Waals surface area contributed by atoms with Crippen LogP contribution in [0.4, 0.5) is 23.4 Å². The molecule has 1 aromatic heterocycles. The van der Waals surface area contributed by atoms with Crippen molar-refractivity contribution in [3.05, 3.63) is 53.5 Å². The van der Waals surface area contributed by atoms with Crippen LogP contribution in [0.2, 0.25) is 0 Å². The number of ether oxygens (including phenoxy) is 1. The third-order valence-corrected chi connectivity index (χ3v) is 3.67. The van der Waals surface area contributed by atoms with Crippen LogP contribution in [-0.4, -0.2) is 35.3 Å². The van der Waals surface area contributed by atoms with E-state index in [0.717, 1.165) is 0 Å². The van der Waals surface area contributed by atoms with Gasteiger partial charge in [0.05, 0.1) is 18.7 Å². The molecule has 0 radical (unpaired) electrons. The number of hydrogen-bond acceptors (Lipinski definition) is 4. The predicted molar refractivity (Wildman–Crippen MR) is 79.2 cm³/mol. The summed E-state index contributed by atoms with van der Waals surface area (Å²) in [6.45, 7) is 0.463. The van der Waals surface area contributed by atoms with Gasteiger partial charge in [-0.05, 0) is 18.2 Å². The number of rotatable bonds is 4. The van der Waals surface area contributed by atoms with Crippen molar-refractivity contribution in [3.63, 3.8) is 0 Å². The molecule has 1 aliphatic heterocycles. The van der Waals surface area contributed by atoms with Crippen LogP contribution < -0.4 is 9.64 Å². The average Bonchev–Trinajstić information content (AvgIpc) is 2.49. The average molecular weight is 356 g/mol. The van der Waals surface area contributed by atoms with E-state index in [0.29, 0.717) is 18.0 Å². The summed E-state index contributed by atoms with van der Waals surface area (Å²) in [6.07, 6.45) is -4.41. The van der Waals surface area contributed by atoms with E-state index >= 15 is 0 Å². The Balaban J connectivity index is 1.72. The van der Waals surface area contributed by atoms with Crippen LogP contribution in [0.25, 0.3) is 0 Å². The summed E-state index contributed by atoms with van der Waals surface area (Å²) in [5, 5.41) is 9.15. The maximum Gasteiger partial charge on any atom is 0.417 e. The number of hydrogen-bond donors (Lipinski definition) is 1. The van der Waals surface area contributed by atoms with Crippen molar-refractivity contribution in [2.75, 3.05) is 18.0 Å². The highest BCUT2D eigenvalue weighted by molar-refractivity contribution is 5.93.